The maximum Gasteiger partial charge on any atom is 0.390 e. The van der Waals surface area contributed by atoms with E-state index in [4.69, 9.17) is 0 Å². The van der Waals surface area contributed by atoms with E-state index in [0.29, 0.717) is 16.9 Å². The van der Waals surface area contributed by atoms with Crippen molar-refractivity contribution < 1.29 is 18.0 Å². The Morgan fingerprint density at radius 3 is 2.74 bits per heavy atom. The third kappa shape index (κ3) is 4.73. The van der Waals surface area contributed by atoms with Crippen molar-refractivity contribution in [1.29, 1.82) is 0 Å². The molecule has 2 aromatic heterocycles. The van der Waals surface area contributed by atoms with Gasteiger partial charge in [-0.1, -0.05) is 18.7 Å². The first-order chi connectivity index (χ1) is 14.7. The zero-order chi connectivity index (χ0) is 22.2. The van der Waals surface area contributed by atoms with E-state index in [2.05, 4.69) is 22.2 Å². The monoisotopic (exact) mass is 428 g/mol. The second kappa shape index (κ2) is 8.09. The molecule has 8 heteroatoms. The lowest BCUT2D eigenvalue weighted by Crippen LogP contribution is -2.26. The molecule has 1 fully saturated rings. The van der Waals surface area contributed by atoms with Crippen LogP contribution in [0.15, 0.2) is 43.2 Å². The van der Waals surface area contributed by atoms with Crippen LogP contribution in [0.5, 0.6) is 0 Å². The van der Waals surface area contributed by atoms with Crippen molar-refractivity contribution in [2.45, 2.75) is 38.4 Å². The molecule has 0 bridgehead atoms. The first-order valence-corrected chi connectivity index (χ1v) is 10.1. The molecule has 0 aliphatic heterocycles. The number of carbonyl (C=O) groups excluding carboxylic acids is 1. The van der Waals surface area contributed by atoms with Gasteiger partial charge in [0, 0.05) is 29.9 Å². The molecule has 0 unspecified atom stereocenters. The molecule has 31 heavy (non-hydrogen) atoms. The minimum absolute atomic E-state index is 0.0743. The standard InChI is InChI=1S/C23H23F3N4O/c1-3-15-11-19(27-9-8-23(24,25)26)21-28-12-20(30(21)13-15)16-4-7-18(14(2)10-16)22(31)29-17-5-6-17/h3-4,7,10-13,17,27H,1,5-6,8-9H2,2H3,(H,29,31). The quantitative estimate of drug-likeness (QED) is 0.543. The van der Waals surface area contributed by atoms with Gasteiger partial charge in [0.25, 0.3) is 5.91 Å². The summed E-state index contributed by atoms with van der Waals surface area (Å²) in [5.74, 6) is -0.0743. The number of benzene rings is 1. The van der Waals surface area contributed by atoms with Crippen molar-refractivity contribution in [3.05, 3.63) is 59.9 Å². The number of amides is 1. The van der Waals surface area contributed by atoms with Crippen LogP contribution in [-0.2, 0) is 0 Å². The van der Waals surface area contributed by atoms with Crippen LogP contribution in [0.1, 0.15) is 40.7 Å². The molecule has 1 aliphatic carbocycles. The fourth-order valence-corrected chi connectivity index (χ4v) is 3.47. The number of hydrogen-bond acceptors (Lipinski definition) is 3. The molecule has 0 radical (unpaired) electrons. The summed E-state index contributed by atoms with van der Waals surface area (Å²) in [7, 11) is 0. The van der Waals surface area contributed by atoms with Gasteiger partial charge in [0.2, 0.25) is 0 Å². The second-order valence-electron chi connectivity index (χ2n) is 7.80. The van der Waals surface area contributed by atoms with E-state index < -0.39 is 12.6 Å². The van der Waals surface area contributed by atoms with Gasteiger partial charge in [0.05, 0.1) is 24.0 Å². The molecule has 5 nitrogen and oxygen atoms in total. The Balaban J connectivity index is 1.66. The summed E-state index contributed by atoms with van der Waals surface area (Å²) >= 11 is 0. The van der Waals surface area contributed by atoms with Crippen molar-refractivity contribution in [3.63, 3.8) is 0 Å². The first-order valence-electron chi connectivity index (χ1n) is 10.1. The average molecular weight is 428 g/mol. The number of rotatable bonds is 7. The lowest BCUT2D eigenvalue weighted by atomic mass is 10.0. The van der Waals surface area contributed by atoms with Crippen molar-refractivity contribution in [1.82, 2.24) is 14.7 Å². The zero-order valence-corrected chi connectivity index (χ0v) is 17.1. The van der Waals surface area contributed by atoms with Crippen molar-refractivity contribution >= 4 is 23.3 Å². The van der Waals surface area contributed by atoms with Gasteiger partial charge in [0.1, 0.15) is 0 Å². The van der Waals surface area contributed by atoms with E-state index in [1.54, 1.807) is 24.4 Å². The normalized spacial score (nSPS) is 13.9. The van der Waals surface area contributed by atoms with Crippen LogP contribution in [0.3, 0.4) is 0 Å². The Bertz CT molecular complexity index is 1150. The Morgan fingerprint density at radius 1 is 1.32 bits per heavy atom. The van der Waals surface area contributed by atoms with Crippen LogP contribution in [0, 0.1) is 6.92 Å². The maximum absolute atomic E-state index is 12.5. The summed E-state index contributed by atoms with van der Waals surface area (Å²) < 4.78 is 39.4. The topological polar surface area (TPSA) is 58.4 Å². The largest absolute Gasteiger partial charge is 0.390 e. The molecule has 0 atom stereocenters. The number of fused-ring (bicyclic) bond motifs is 1. The number of aromatic nitrogens is 2. The van der Waals surface area contributed by atoms with Crippen molar-refractivity contribution in [2.24, 2.45) is 0 Å². The molecule has 1 saturated carbocycles. The van der Waals surface area contributed by atoms with E-state index in [0.717, 1.165) is 35.2 Å². The number of anilines is 1. The number of alkyl halides is 3. The first kappa shape index (κ1) is 21.0. The SMILES string of the molecule is C=Cc1cc(NCCC(F)(F)F)c2ncc(-c3ccc(C(=O)NC4CC4)c(C)c3)n2c1. The van der Waals surface area contributed by atoms with E-state index in [1.807, 2.05) is 29.7 Å². The summed E-state index contributed by atoms with van der Waals surface area (Å²) in [6.07, 6.45) is 2.03. The van der Waals surface area contributed by atoms with Crippen molar-refractivity contribution in [2.75, 3.05) is 11.9 Å². The molecule has 0 saturated heterocycles. The van der Waals surface area contributed by atoms with Gasteiger partial charge in [-0.05, 0) is 49.1 Å². The van der Waals surface area contributed by atoms with Gasteiger partial charge in [0.15, 0.2) is 5.65 Å². The lowest BCUT2D eigenvalue weighted by Gasteiger charge is -2.12. The van der Waals surface area contributed by atoms with Crippen LogP contribution in [0.4, 0.5) is 18.9 Å². The van der Waals surface area contributed by atoms with Gasteiger partial charge in [-0.2, -0.15) is 13.2 Å². The highest BCUT2D eigenvalue weighted by Crippen LogP contribution is 2.29. The molecule has 2 heterocycles. The molecule has 2 N–H and O–H groups in total. The Kier molecular flexibility index (Phi) is 5.47. The van der Waals surface area contributed by atoms with Crippen LogP contribution < -0.4 is 10.6 Å². The van der Waals surface area contributed by atoms with Gasteiger partial charge in [-0.15, -0.1) is 0 Å². The number of nitrogens with zero attached hydrogens (tertiary/aromatic N) is 2. The van der Waals surface area contributed by atoms with E-state index >= 15 is 0 Å². The molecule has 1 aromatic carbocycles. The number of hydrogen-bond donors (Lipinski definition) is 2. The molecule has 4 rings (SSSR count). The summed E-state index contributed by atoms with van der Waals surface area (Å²) in [6.45, 7) is 5.41. The summed E-state index contributed by atoms with van der Waals surface area (Å²) in [5.41, 5.74) is 4.88. The maximum atomic E-state index is 12.5. The molecule has 162 valence electrons. The number of aryl methyl sites for hydroxylation is 1. The molecule has 0 spiro atoms. The van der Waals surface area contributed by atoms with Crippen molar-refractivity contribution in [3.8, 4) is 11.3 Å². The van der Waals surface area contributed by atoms with Gasteiger partial charge < -0.3 is 10.6 Å². The third-order valence-corrected chi connectivity index (χ3v) is 5.27. The molecule has 1 amide bonds. The zero-order valence-electron chi connectivity index (χ0n) is 17.1. The smallest absolute Gasteiger partial charge is 0.382 e. The predicted octanol–water partition coefficient (Wildman–Crippen LogP) is 5.21. The number of imidazole rings is 1. The van der Waals surface area contributed by atoms with Crippen LogP contribution in [0.2, 0.25) is 0 Å². The predicted molar refractivity (Wildman–Crippen MR) is 115 cm³/mol. The highest BCUT2D eigenvalue weighted by Gasteiger charge is 2.26. The molecular formula is C23H23F3N4O. The Morgan fingerprint density at radius 2 is 2.10 bits per heavy atom. The van der Waals surface area contributed by atoms with E-state index in [-0.39, 0.29) is 18.5 Å². The van der Waals surface area contributed by atoms with Crippen LogP contribution >= 0.6 is 0 Å². The number of halogens is 3. The number of carbonyl (C=O) groups is 1. The van der Waals surface area contributed by atoms with Gasteiger partial charge in [-0.25, -0.2) is 4.98 Å². The highest BCUT2D eigenvalue weighted by atomic mass is 19.4. The highest BCUT2D eigenvalue weighted by molar-refractivity contribution is 5.96. The Hall–Kier alpha value is -3.29. The average Bonchev–Trinajstić information content (AvgIpc) is 3.41. The van der Waals surface area contributed by atoms with Crippen LogP contribution in [0.25, 0.3) is 23.0 Å². The summed E-state index contributed by atoms with van der Waals surface area (Å²) in [4.78, 5) is 16.8. The fraction of sp³-hybridized carbons (Fsp3) is 0.304. The lowest BCUT2D eigenvalue weighted by molar-refractivity contribution is -0.131. The van der Waals surface area contributed by atoms with E-state index in [9.17, 15) is 18.0 Å². The second-order valence-corrected chi connectivity index (χ2v) is 7.80. The summed E-state index contributed by atoms with van der Waals surface area (Å²) in [6, 6.07) is 7.58. The van der Waals surface area contributed by atoms with E-state index in [1.165, 1.54) is 0 Å². The molecule has 1 aliphatic rings. The minimum atomic E-state index is -4.23. The van der Waals surface area contributed by atoms with Gasteiger partial charge in [-0.3, -0.25) is 9.20 Å². The Labute approximate surface area is 178 Å². The molecule has 3 aromatic rings. The summed E-state index contributed by atoms with van der Waals surface area (Å²) in [5, 5.41) is 5.83. The van der Waals surface area contributed by atoms with Crippen LogP contribution in [-0.4, -0.2) is 34.1 Å². The third-order valence-electron chi connectivity index (χ3n) is 5.27. The number of pyridine rings is 1. The minimum Gasteiger partial charge on any atom is -0.382 e. The number of nitrogens with one attached hydrogen (secondary N) is 2. The molecular weight excluding hydrogens is 405 g/mol. The van der Waals surface area contributed by atoms with Gasteiger partial charge >= 0.3 is 6.18 Å². The fourth-order valence-electron chi connectivity index (χ4n) is 3.47.